The lowest BCUT2D eigenvalue weighted by Crippen LogP contribution is -2.37. The minimum atomic E-state index is -0.573. The van der Waals surface area contributed by atoms with Crippen LogP contribution in [0.25, 0.3) is 22.5 Å². The Bertz CT molecular complexity index is 1890. The van der Waals surface area contributed by atoms with Gasteiger partial charge in [0.05, 0.1) is 0 Å². The zero-order valence-electron chi connectivity index (χ0n) is 31.1. The number of H-pyrrole nitrogens is 1. The Morgan fingerprint density at radius 2 is 1.51 bits per heavy atom. The number of aromatic nitrogens is 4. The molecule has 2 amide bonds. The summed E-state index contributed by atoms with van der Waals surface area (Å²) in [6, 6.07) is 21.3. The molecule has 3 aromatic carbocycles. The number of aromatic amines is 1. The number of ether oxygens (including phenoxy) is 1. The van der Waals surface area contributed by atoms with Crippen molar-refractivity contribution in [3.05, 3.63) is 83.4 Å². The van der Waals surface area contributed by atoms with E-state index < -0.39 is 17.6 Å². The van der Waals surface area contributed by atoms with Crippen LogP contribution in [0.1, 0.15) is 93.6 Å². The van der Waals surface area contributed by atoms with E-state index in [1.807, 2.05) is 76.2 Å². The van der Waals surface area contributed by atoms with Crippen LogP contribution < -0.4 is 10.6 Å². The third-order valence-electron chi connectivity index (χ3n) is 10.3. The SMILES string of the molecule is Cc1cc(-c2ccc(CC(CC(=O)C3CCC(CNC(=O)OC(C)(C)C)CC3)C(=O)Nc3ccc(-c4nn[nH]n4)cc3)cc2)ccc1C(=O)CC1CC1. The zero-order valence-corrected chi connectivity index (χ0v) is 31.1. The molecule has 4 aromatic rings. The van der Waals surface area contributed by atoms with Gasteiger partial charge < -0.3 is 15.4 Å². The molecule has 3 N–H and O–H groups in total. The second kappa shape index (κ2) is 16.7. The molecule has 0 bridgehead atoms. The summed E-state index contributed by atoms with van der Waals surface area (Å²) < 4.78 is 5.36. The Kier molecular flexibility index (Phi) is 11.8. The number of ketones is 2. The standard InChI is InChI=1S/C42H50N6O5/c1-26-21-33(17-20-36(26)38(50)23-28-5-6-28)30-11-7-27(8-12-30)22-34(40(51)44-35-18-15-32(16-19-35)39-45-47-48-46-39)24-37(49)31-13-9-29(10-14-31)25-43-41(52)53-42(2,3)4/h7-8,11-12,15-21,28-29,31,34H,5-6,9-10,13-14,22-25H2,1-4H3,(H,43,52)(H,44,51)(H,45,46,47,48). The Morgan fingerprint density at radius 3 is 2.13 bits per heavy atom. The van der Waals surface area contributed by atoms with Crippen LogP contribution >= 0.6 is 0 Å². The second-order valence-electron chi connectivity index (χ2n) is 15.8. The highest BCUT2D eigenvalue weighted by atomic mass is 16.6. The van der Waals surface area contributed by atoms with Gasteiger partial charge in [-0.25, -0.2) is 4.79 Å². The van der Waals surface area contributed by atoms with Gasteiger partial charge in [-0.15, -0.1) is 10.2 Å². The largest absolute Gasteiger partial charge is 0.444 e. The summed E-state index contributed by atoms with van der Waals surface area (Å²) in [4.78, 5) is 52.5. The van der Waals surface area contributed by atoms with Crippen molar-refractivity contribution in [3.63, 3.8) is 0 Å². The summed E-state index contributed by atoms with van der Waals surface area (Å²) in [7, 11) is 0. The number of tetrazole rings is 1. The number of nitrogens with one attached hydrogen (secondary N) is 3. The maximum Gasteiger partial charge on any atom is 0.407 e. The van der Waals surface area contributed by atoms with Crippen LogP contribution in [0.4, 0.5) is 10.5 Å². The van der Waals surface area contributed by atoms with E-state index >= 15 is 0 Å². The minimum Gasteiger partial charge on any atom is -0.444 e. The van der Waals surface area contributed by atoms with Gasteiger partial charge in [0.25, 0.3) is 0 Å². The summed E-state index contributed by atoms with van der Waals surface area (Å²) in [5.41, 5.74) is 5.60. The number of hydrogen-bond acceptors (Lipinski definition) is 8. The van der Waals surface area contributed by atoms with Gasteiger partial charge in [0, 0.05) is 48.0 Å². The van der Waals surface area contributed by atoms with Crippen LogP contribution in [0.15, 0.2) is 66.7 Å². The third kappa shape index (κ3) is 10.7. The first kappa shape index (κ1) is 37.6. The number of Topliss-reactive ketones (excluding diaryl/α,β-unsaturated/α-hetero) is 2. The maximum absolute atomic E-state index is 13.8. The fourth-order valence-corrected chi connectivity index (χ4v) is 7.10. The fraction of sp³-hybridized carbons (Fsp3) is 0.452. The van der Waals surface area contributed by atoms with Gasteiger partial charge >= 0.3 is 6.09 Å². The Balaban J connectivity index is 1.10. The number of anilines is 1. The van der Waals surface area contributed by atoms with E-state index in [9.17, 15) is 19.2 Å². The number of aryl methyl sites for hydroxylation is 1. The molecule has 1 atom stereocenters. The summed E-state index contributed by atoms with van der Waals surface area (Å²) in [5.74, 6) is 0.691. The lowest BCUT2D eigenvalue weighted by Gasteiger charge is -2.29. The van der Waals surface area contributed by atoms with Crippen molar-refractivity contribution in [1.82, 2.24) is 25.9 Å². The summed E-state index contributed by atoms with van der Waals surface area (Å²) in [6.45, 7) is 8.01. The number of hydrogen-bond donors (Lipinski definition) is 3. The van der Waals surface area contributed by atoms with Gasteiger partial charge in [0.1, 0.15) is 11.4 Å². The molecule has 2 aliphatic rings. The number of carbonyl (C=O) groups is 4. The highest BCUT2D eigenvalue weighted by Gasteiger charge is 2.31. The van der Waals surface area contributed by atoms with Crippen molar-refractivity contribution in [2.45, 2.75) is 91.1 Å². The Morgan fingerprint density at radius 1 is 0.849 bits per heavy atom. The van der Waals surface area contributed by atoms with Gasteiger partial charge in [-0.1, -0.05) is 42.5 Å². The third-order valence-corrected chi connectivity index (χ3v) is 10.3. The molecule has 1 heterocycles. The quantitative estimate of drug-likeness (QED) is 0.111. The number of rotatable bonds is 14. The van der Waals surface area contributed by atoms with Crippen LogP contribution in [0.2, 0.25) is 0 Å². The molecule has 0 spiro atoms. The molecule has 2 saturated carbocycles. The van der Waals surface area contributed by atoms with Crippen molar-refractivity contribution < 1.29 is 23.9 Å². The molecule has 1 unspecified atom stereocenters. The normalized spacial score (nSPS) is 17.8. The molecule has 53 heavy (non-hydrogen) atoms. The van der Waals surface area contributed by atoms with Gasteiger partial charge in [-0.05, 0) is 136 Å². The molecular weight excluding hydrogens is 668 g/mol. The topological polar surface area (TPSA) is 156 Å². The second-order valence-corrected chi connectivity index (χ2v) is 15.8. The fourth-order valence-electron chi connectivity index (χ4n) is 7.10. The van der Waals surface area contributed by atoms with Crippen molar-refractivity contribution in [3.8, 4) is 22.5 Å². The molecule has 0 radical (unpaired) electrons. The molecule has 0 aliphatic heterocycles. The van der Waals surface area contributed by atoms with Crippen molar-refractivity contribution >= 4 is 29.3 Å². The van der Waals surface area contributed by atoms with E-state index in [1.54, 1.807) is 12.1 Å². The molecule has 6 rings (SSSR count). The van der Waals surface area contributed by atoms with E-state index in [0.717, 1.165) is 71.9 Å². The van der Waals surface area contributed by atoms with Crippen molar-refractivity contribution in [1.29, 1.82) is 0 Å². The molecule has 1 aromatic heterocycles. The first-order valence-corrected chi connectivity index (χ1v) is 18.8. The van der Waals surface area contributed by atoms with Crippen LogP contribution in [-0.4, -0.2) is 56.3 Å². The van der Waals surface area contributed by atoms with Gasteiger partial charge in [-0.3, -0.25) is 14.4 Å². The summed E-state index contributed by atoms with van der Waals surface area (Å²) >= 11 is 0. The highest BCUT2D eigenvalue weighted by Crippen LogP contribution is 2.35. The van der Waals surface area contributed by atoms with Crippen LogP contribution in [-0.2, 0) is 20.7 Å². The number of carbonyl (C=O) groups excluding carboxylic acids is 4. The van der Waals surface area contributed by atoms with E-state index in [1.165, 1.54) is 0 Å². The van der Waals surface area contributed by atoms with Crippen molar-refractivity contribution in [2.24, 2.45) is 23.7 Å². The lowest BCUT2D eigenvalue weighted by atomic mass is 9.77. The monoisotopic (exact) mass is 718 g/mol. The number of nitrogens with zero attached hydrogens (tertiary/aromatic N) is 3. The van der Waals surface area contributed by atoms with Crippen molar-refractivity contribution in [2.75, 3.05) is 11.9 Å². The van der Waals surface area contributed by atoms with E-state index in [4.69, 9.17) is 4.74 Å². The molecule has 278 valence electrons. The number of benzene rings is 3. The van der Waals surface area contributed by atoms with E-state index in [0.29, 0.717) is 36.8 Å². The number of alkyl carbamates (subject to hydrolysis) is 1. The van der Waals surface area contributed by atoms with Gasteiger partial charge in [-0.2, -0.15) is 5.21 Å². The number of amides is 2. The summed E-state index contributed by atoms with van der Waals surface area (Å²) in [6.07, 6.45) is 6.15. The predicted molar refractivity (Wildman–Crippen MR) is 203 cm³/mol. The Labute approximate surface area is 311 Å². The minimum absolute atomic E-state index is 0.0968. The lowest BCUT2D eigenvalue weighted by molar-refractivity contribution is -0.129. The molecule has 11 heteroatoms. The van der Waals surface area contributed by atoms with Crippen LogP contribution in [0.5, 0.6) is 0 Å². The first-order valence-electron chi connectivity index (χ1n) is 18.8. The van der Waals surface area contributed by atoms with Crippen LogP contribution in [0, 0.1) is 30.6 Å². The molecule has 0 saturated heterocycles. The van der Waals surface area contributed by atoms with E-state index in [-0.39, 0.29) is 35.7 Å². The molecule has 2 fully saturated rings. The average molecular weight is 719 g/mol. The molecular formula is C42H50N6O5. The molecule has 2 aliphatic carbocycles. The maximum atomic E-state index is 13.8. The first-order chi connectivity index (χ1) is 25.4. The smallest absolute Gasteiger partial charge is 0.407 e. The highest BCUT2D eigenvalue weighted by molar-refractivity contribution is 5.98. The van der Waals surface area contributed by atoms with E-state index in [2.05, 4.69) is 37.3 Å². The van der Waals surface area contributed by atoms with Gasteiger partial charge in [0.2, 0.25) is 11.7 Å². The van der Waals surface area contributed by atoms with Crippen LogP contribution in [0.3, 0.4) is 0 Å². The molecule has 11 nitrogen and oxygen atoms in total. The average Bonchev–Trinajstić information content (AvgIpc) is 3.77. The summed E-state index contributed by atoms with van der Waals surface area (Å²) in [5, 5.41) is 20.0. The van der Waals surface area contributed by atoms with Gasteiger partial charge in [0.15, 0.2) is 5.78 Å². The Hall–Kier alpha value is -5.19. The zero-order chi connectivity index (χ0) is 37.5. The predicted octanol–water partition coefficient (Wildman–Crippen LogP) is 7.91.